The molecule has 0 unspecified atom stereocenters. The van der Waals surface area contributed by atoms with Crippen molar-refractivity contribution in [2.24, 2.45) is 5.84 Å². The van der Waals surface area contributed by atoms with E-state index in [2.05, 4.69) is 25.4 Å². The number of aromatic nitrogens is 2. The SMILES string of the molecule is NNc1ccc(C(=O)NCc2ccon2)nc1. The molecule has 0 spiro atoms. The number of carbonyl (C=O) groups is 1. The first-order valence-electron chi connectivity index (χ1n) is 4.89. The summed E-state index contributed by atoms with van der Waals surface area (Å²) in [6.45, 7) is 0.300. The average molecular weight is 233 g/mol. The van der Waals surface area contributed by atoms with Gasteiger partial charge in [-0.1, -0.05) is 5.16 Å². The summed E-state index contributed by atoms with van der Waals surface area (Å²) in [7, 11) is 0. The summed E-state index contributed by atoms with van der Waals surface area (Å²) < 4.78 is 4.64. The first-order valence-corrected chi connectivity index (χ1v) is 4.89. The molecule has 88 valence electrons. The third kappa shape index (κ3) is 2.79. The van der Waals surface area contributed by atoms with Gasteiger partial charge in [0.2, 0.25) is 0 Å². The number of carbonyl (C=O) groups excluding carboxylic acids is 1. The van der Waals surface area contributed by atoms with Crippen LogP contribution in [0.15, 0.2) is 35.2 Å². The Morgan fingerprint density at radius 2 is 2.29 bits per heavy atom. The lowest BCUT2D eigenvalue weighted by molar-refractivity contribution is 0.0945. The zero-order valence-corrected chi connectivity index (χ0v) is 8.88. The van der Waals surface area contributed by atoms with Gasteiger partial charge in [-0.25, -0.2) is 4.98 Å². The zero-order chi connectivity index (χ0) is 12.1. The highest BCUT2D eigenvalue weighted by molar-refractivity contribution is 5.92. The van der Waals surface area contributed by atoms with Gasteiger partial charge < -0.3 is 15.3 Å². The largest absolute Gasteiger partial charge is 0.364 e. The summed E-state index contributed by atoms with van der Waals surface area (Å²) in [6, 6.07) is 4.92. The summed E-state index contributed by atoms with van der Waals surface area (Å²) in [5.41, 5.74) is 4.03. The Hall–Kier alpha value is -2.41. The first kappa shape index (κ1) is 11.1. The maximum atomic E-state index is 11.7. The molecule has 17 heavy (non-hydrogen) atoms. The van der Waals surface area contributed by atoms with E-state index in [9.17, 15) is 4.79 Å². The van der Waals surface area contributed by atoms with Crippen LogP contribution in [0.1, 0.15) is 16.2 Å². The van der Waals surface area contributed by atoms with Crippen LogP contribution in [-0.4, -0.2) is 16.0 Å². The number of nitrogens with two attached hydrogens (primary N) is 1. The van der Waals surface area contributed by atoms with Crippen LogP contribution >= 0.6 is 0 Å². The maximum absolute atomic E-state index is 11.7. The monoisotopic (exact) mass is 233 g/mol. The highest BCUT2D eigenvalue weighted by atomic mass is 16.5. The lowest BCUT2D eigenvalue weighted by atomic mass is 10.3. The Labute approximate surface area is 97.0 Å². The van der Waals surface area contributed by atoms with Gasteiger partial charge in [0.15, 0.2) is 0 Å². The Balaban J connectivity index is 1.95. The molecule has 0 aromatic carbocycles. The highest BCUT2D eigenvalue weighted by Gasteiger charge is 2.07. The normalized spacial score (nSPS) is 9.94. The molecular weight excluding hydrogens is 222 g/mol. The van der Waals surface area contributed by atoms with E-state index in [0.717, 1.165) is 0 Å². The molecule has 0 saturated carbocycles. The van der Waals surface area contributed by atoms with Crippen molar-refractivity contribution in [2.45, 2.75) is 6.54 Å². The highest BCUT2D eigenvalue weighted by Crippen LogP contribution is 2.04. The molecule has 0 fully saturated rings. The van der Waals surface area contributed by atoms with Crippen LogP contribution < -0.4 is 16.6 Å². The molecule has 0 aliphatic heterocycles. The van der Waals surface area contributed by atoms with Crippen molar-refractivity contribution < 1.29 is 9.32 Å². The molecule has 2 aromatic heterocycles. The molecule has 0 aliphatic rings. The van der Waals surface area contributed by atoms with Crippen molar-refractivity contribution in [1.29, 1.82) is 0 Å². The second-order valence-electron chi connectivity index (χ2n) is 3.25. The van der Waals surface area contributed by atoms with Gasteiger partial charge in [-0.05, 0) is 12.1 Å². The number of hydrazine groups is 1. The average Bonchev–Trinajstić information content (AvgIpc) is 2.89. The van der Waals surface area contributed by atoms with Crippen molar-refractivity contribution in [3.05, 3.63) is 42.0 Å². The molecule has 0 radical (unpaired) electrons. The van der Waals surface area contributed by atoms with Crippen LogP contribution in [0.2, 0.25) is 0 Å². The summed E-state index contributed by atoms with van der Waals surface area (Å²) in [5, 5.41) is 6.34. The van der Waals surface area contributed by atoms with Gasteiger partial charge in [-0.2, -0.15) is 0 Å². The molecular formula is C10H11N5O2. The van der Waals surface area contributed by atoms with Crippen LogP contribution in [-0.2, 0) is 6.54 Å². The number of hydrogen-bond acceptors (Lipinski definition) is 6. The second kappa shape index (κ2) is 5.08. The van der Waals surface area contributed by atoms with Crippen molar-refractivity contribution in [3.8, 4) is 0 Å². The van der Waals surface area contributed by atoms with Crippen molar-refractivity contribution in [1.82, 2.24) is 15.5 Å². The smallest absolute Gasteiger partial charge is 0.270 e. The van der Waals surface area contributed by atoms with E-state index in [-0.39, 0.29) is 5.91 Å². The van der Waals surface area contributed by atoms with E-state index < -0.39 is 0 Å². The van der Waals surface area contributed by atoms with Crippen molar-refractivity contribution >= 4 is 11.6 Å². The molecule has 2 heterocycles. The van der Waals surface area contributed by atoms with E-state index in [4.69, 9.17) is 5.84 Å². The third-order valence-corrected chi connectivity index (χ3v) is 2.08. The number of nitrogen functional groups attached to an aromatic ring is 1. The molecule has 0 saturated heterocycles. The van der Waals surface area contributed by atoms with E-state index in [0.29, 0.717) is 23.6 Å². The Morgan fingerprint density at radius 3 is 2.88 bits per heavy atom. The minimum absolute atomic E-state index is 0.281. The van der Waals surface area contributed by atoms with E-state index in [1.807, 2.05) is 0 Å². The van der Waals surface area contributed by atoms with Gasteiger partial charge in [-0.15, -0.1) is 0 Å². The molecule has 2 rings (SSSR count). The van der Waals surface area contributed by atoms with Gasteiger partial charge in [0.1, 0.15) is 17.7 Å². The van der Waals surface area contributed by atoms with Gasteiger partial charge >= 0.3 is 0 Å². The number of hydrogen-bond donors (Lipinski definition) is 3. The Morgan fingerprint density at radius 1 is 1.41 bits per heavy atom. The molecule has 7 nitrogen and oxygen atoms in total. The Kier molecular flexibility index (Phi) is 3.31. The van der Waals surface area contributed by atoms with Gasteiger partial charge in [0.25, 0.3) is 5.91 Å². The third-order valence-electron chi connectivity index (χ3n) is 2.08. The van der Waals surface area contributed by atoms with Crippen LogP contribution in [0.25, 0.3) is 0 Å². The summed E-state index contributed by atoms with van der Waals surface area (Å²) in [5.74, 6) is 4.91. The lowest BCUT2D eigenvalue weighted by Gasteiger charge is -2.03. The number of nitrogens with zero attached hydrogens (tertiary/aromatic N) is 2. The standard InChI is InChI=1S/C10H11N5O2/c11-14-7-1-2-9(12-5-7)10(16)13-6-8-3-4-17-15-8/h1-5,14H,6,11H2,(H,13,16). The maximum Gasteiger partial charge on any atom is 0.270 e. The van der Waals surface area contributed by atoms with E-state index >= 15 is 0 Å². The first-order chi connectivity index (χ1) is 8.29. The summed E-state index contributed by atoms with van der Waals surface area (Å²) in [4.78, 5) is 15.6. The molecule has 1 amide bonds. The second-order valence-corrected chi connectivity index (χ2v) is 3.25. The van der Waals surface area contributed by atoms with Crippen LogP contribution in [0.5, 0.6) is 0 Å². The predicted octanol–water partition coefficient (Wildman–Crippen LogP) is 0.285. The number of anilines is 1. The van der Waals surface area contributed by atoms with Crippen molar-refractivity contribution in [3.63, 3.8) is 0 Å². The predicted molar refractivity (Wildman–Crippen MR) is 59.7 cm³/mol. The summed E-state index contributed by atoms with van der Waals surface area (Å²) in [6.07, 6.45) is 2.92. The molecule has 0 bridgehead atoms. The summed E-state index contributed by atoms with van der Waals surface area (Å²) >= 11 is 0. The minimum Gasteiger partial charge on any atom is -0.364 e. The molecule has 7 heteroatoms. The van der Waals surface area contributed by atoms with Crippen LogP contribution in [0.3, 0.4) is 0 Å². The van der Waals surface area contributed by atoms with Crippen molar-refractivity contribution in [2.75, 3.05) is 5.43 Å². The molecule has 0 atom stereocenters. The number of pyridine rings is 1. The van der Waals surface area contributed by atoms with Crippen LogP contribution in [0, 0.1) is 0 Å². The van der Waals surface area contributed by atoms with Gasteiger partial charge in [0, 0.05) is 6.07 Å². The molecule has 0 aliphatic carbocycles. The molecule has 4 N–H and O–H groups in total. The topological polar surface area (TPSA) is 106 Å². The lowest BCUT2D eigenvalue weighted by Crippen LogP contribution is -2.24. The molecule has 2 aromatic rings. The number of amides is 1. The Bertz CT molecular complexity index is 480. The fourth-order valence-corrected chi connectivity index (χ4v) is 1.20. The fraction of sp³-hybridized carbons (Fsp3) is 0.100. The van der Waals surface area contributed by atoms with Gasteiger partial charge in [0.05, 0.1) is 18.4 Å². The van der Waals surface area contributed by atoms with E-state index in [1.54, 1.807) is 18.2 Å². The van der Waals surface area contributed by atoms with Gasteiger partial charge in [-0.3, -0.25) is 10.6 Å². The van der Waals surface area contributed by atoms with E-state index in [1.165, 1.54) is 12.5 Å². The minimum atomic E-state index is -0.281. The number of nitrogens with one attached hydrogen (secondary N) is 2. The zero-order valence-electron chi connectivity index (χ0n) is 8.88. The fourth-order valence-electron chi connectivity index (χ4n) is 1.20. The number of rotatable bonds is 4. The quantitative estimate of drug-likeness (QED) is 0.517. The van der Waals surface area contributed by atoms with Crippen LogP contribution in [0.4, 0.5) is 5.69 Å².